The van der Waals surface area contributed by atoms with Crippen LogP contribution >= 0.6 is 11.3 Å². The van der Waals surface area contributed by atoms with E-state index in [0.717, 1.165) is 67.9 Å². The fourth-order valence-electron chi connectivity index (χ4n) is 10.2. The summed E-state index contributed by atoms with van der Waals surface area (Å²) in [5.74, 6) is 1.90. The first-order chi connectivity index (χ1) is 31.2. The van der Waals surface area contributed by atoms with Crippen molar-refractivity contribution < 1.29 is 4.42 Å². The Labute approximate surface area is 364 Å². The summed E-state index contributed by atoms with van der Waals surface area (Å²) in [6.07, 6.45) is 8.53. The molecule has 0 amide bonds. The highest BCUT2D eigenvalue weighted by molar-refractivity contribution is 7.25. The smallest absolute Gasteiger partial charge is 0.167 e. The van der Waals surface area contributed by atoms with Crippen molar-refractivity contribution in [2.45, 2.75) is 12.8 Å². The van der Waals surface area contributed by atoms with Gasteiger partial charge in [-0.1, -0.05) is 146 Å². The van der Waals surface area contributed by atoms with E-state index in [1.807, 2.05) is 0 Å². The summed E-state index contributed by atoms with van der Waals surface area (Å²) in [5.41, 5.74) is 7.90. The minimum Gasteiger partial charge on any atom is -0.455 e. The highest BCUT2D eigenvalue weighted by Gasteiger charge is 2.24. The second-order valence-electron chi connectivity index (χ2n) is 16.6. The van der Waals surface area contributed by atoms with Gasteiger partial charge in [0.2, 0.25) is 0 Å². The lowest BCUT2D eigenvalue weighted by Gasteiger charge is -2.14. The summed E-state index contributed by atoms with van der Waals surface area (Å²) in [7, 11) is 0. The van der Waals surface area contributed by atoms with Gasteiger partial charge in [-0.3, -0.25) is 0 Å². The number of aromatic nitrogens is 4. The number of fused-ring (bicyclic) bond motifs is 14. The van der Waals surface area contributed by atoms with Gasteiger partial charge in [0.1, 0.15) is 11.2 Å². The fourth-order valence-corrected chi connectivity index (χ4v) is 11.3. The maximum absolute atomic E-state index is 7.14. The maximum Gasteiger partial charge on any atom is 0.167 e. The quantitative estimate of drug-likeness (QED) is 0.177. The number of benzene rings is 9. The van der Waals surface area contributed by atoms with Crippen molar-refractivity contribution in [1.82, 2.24) is 19.5 Å². The van der Waals surface area contributed by atoms with Gasteiger partial charge in [0.15, 0.2) is 17.5 Å². The predicted octanol–water partition coefficient (Wildman–Crippen LogP) is 15.8. The minimum atomic E-state index is 0.585. The molecule has 294 valence electrons. The van der Waals surface area contributed by atoms with Gasteiger partial charge in [0.05, 0.1) is 22.3 Å². The molecule has 5 nitrogen and oxygen atoms in total. The molecule has 14 rings (SSSR count). The molecule has 4 heterocycles. The van der Waals surface area contributed by atoms with Gasteiger partial charge in [0.25, 0.3) is 0 Å². The van der Waals surface area contributed by atoms with Gasteiger partial charge in [-0.25, -0.2) is 15.0 Å². The summed E-state index contributed by atoms with van der Waals surface area (Å²) in [6.45, 7) is 0. The van der Waals surface area contributed by atoms with E-state index in [0.29, 0.717) is 17.5 Å². The molecule has 13 aromatic rings. The van der Waals surface area contributed by atoms with Crippen LogP contribution < -0.4 is 0 Å². The van der Waals surface area contributed by atoms with Crippen LogP contribution in [0.4, 0.5) is 0 Å². The second-order valence-corrected chi connectivity index (χ2v) is 17.6. The standard InChI is InChI=1S/C57H34N4OS/c1-2-15-34(16-3-1)55-58-56(43-24-13-27-50-51(43)42-22-10-11-26-49(42)63-50)60-57(59-55)44-25-12-23-41-46-32-48(38-20-8-9-21-40(38)54(46)62-53(41)44)61-47-31-36-18-5-4-17-35(36)30-45(47)39-29-28-33-14-6-7-19-37(33)52(39)61/h2,4-32H,1,3H2. The van der Waals surface area contributed by atoms with E-state index >= 15 is 0 Å². The summed E-state index contributed by atoms with van der Waals surface area (Å²) in [4.78, 5) is 15.8. The lowest BCUT2D eigenvalue weighted by Crippen LogP contribution is -2.03. The zero-order valence-corrected chi connectivity index (χ0v) is 34.7. The number of thiophene rings is 1. The Morgan fingerprint density at radius 2 is 1.13 bits per heavy atom. The highest BCUT2D eigenvalue weighted by Crippen LogP contribution is 2.45. The molecular weight excluding hydrogens is 789 g/mol. The largest absolute Gasteiger partial charge is 0.455 e. The first-order valence-electron chi connectivity index (χ1n) is 21.5. The van der Waals surface area contributed by atoms with E-state index < -0.39 is 0 Å². The van der Waals surface area contributed by atoms with Gasteiger partial charge in [0, 0.05) is 69.0 Å². The number of para-hydroxylation sites is 1. The van der Waals surface area contributed by atoms with Gasteiger partial charge >= 0.3 is 0 Å². The zero-order valence-electron chi connectivity index (χ0n) is 33.8. The Kier molecular flexibility index (Phi) is 7.33. The summed E-state index contributed by atoms with van der Waals surface area (Å²) >= 11 is 1.80. The third kappa shape index (κ3) is 5.13. The Bertz CT molecular complexity index is 4170. The van der Waals surface area contributed by atoms with E-state index in [4.69, 9.17) is 19.4 Å². The Morgan fingerprint density at radius 3 is 1.98 bits per heavy atom. The van der Waals surface area contributed by atoms with E-state index in [9.17, 15) is 0 Å². The molecule has 0 bridgehead atoms. The highest BCUT2D eigenvalue weighted by atomic mass is 32.1. The Balaban J connectivity index is 1.06. The van der Waals surface area contributed by atoms with Crippen molar-refractivity contribution in [3.63, 3.8) is 0 Å². The molecule has 6 heteroatoms. The third-order valence-corrected chi connectivity index (χ3v) is 14.2. The van der Waals surface area contributed by atoms with Crippen LogP contribution in [0.2, 0.25) is 0 Å². The lowest BCUT2D eigenvalue weighted by molar-refractivity contribution is 0.673. The average molecular weight is 823 g/mol. The van der Waals surface area contributed by atoms with Crippen LogP contribution in [0.3, 0.4) is 0 Å². The maximum atomic E-state index is 7.14. The number of furan rings is 1. The predicted molar refractivity (Wildman–Crippen MR) is 264 cm³/mol. The van der Waals surface area contributed by atoms with Crippen LogP contribution in [0.5, 0.6) is 0 Å². The van der Waals surface area contributed by atoms with Gasteiger partial charge in [-0.05, 0) is 65.4 Å². The normalized spacial score (nSPS) is 13.3. The van der Waals surface area contributed by atoms with E-state index in [1.54, 1.807) is 11.3 Å². The SMILES string of the molecule is C1=CC(c2nc(-c3cccc4c3oc3c5ccccc5c(-n5c6cc7ccccc7cc6c6ccc7ccccc7c65)cc43)nc(-c3cccc4sc5ccccc5c34)n2)=CCC1. The molecule has 4 aromatic heterocycles. The topological polar surface area (TPSA) is 56.7 Å². The fraction of sp³-hybridized carbons (Fsp3) is 0.0351. The van der Waals surface area contributed by atoms with Crippen LogP contribution in [-0.2, 0) is 0 Å². The van der Waals surface area contributed by atoms with Crippen LogP contribution in [0.15, 0.2) is 186 Å². The van der Waals surface area contributed by atoms with Crippen molar-refractivity contribution in [1.29, 1.82) is 0 Å². The lowest BCUT2D eigenvalue weighted by atomic mass is 10.0. The number of hydrogen-bond donors (Lipinski definition) is 0. The molecule has 0 N–H and O–H groups in total. The van der Waals surface area contributed by atoms with Crippen LogP contribution in [0.25, 0.3) is 130 Å². The third-order valence-electron chi connectivity index (χ3n) is 13.0. The van der Waals surface area contributed by atoms with Crippen molar-refractivity contribution >= 4 is 113 Å². The molecule has 1 aliphatic rings. The minimum absolute atomic E-state index is 0.585. The second kappa shape index (κ2) is 13.3. The average Bonchev–Trinajstić information content (AvgIpc) is 4.03. The van der Waals surface area contributed by atoms with E-state index in [2.05, 4.69) is 187 Å². The molecule has 0 spiro atoms. The number of allylic oxidation sites excluding steroid dienone is 4. The zero-order chi connectivity index (χ0) is 41.2. The number of rotatable bonds is 4. The van der Waals surface area contributed by atoms with Gasteiger partial charge < -0.3 is 8.98 Å². The summed E-state index contributed by atoms with van der Waals surface area (Å²) in [5, 5.41) is 13.9. The number of hydrogen-bond acceptors (Lipinski definition) is 5. The molecule has 9 aromatic carbocycles. The Morgan fingerprint density at radius 1 is 0.460 bits per heavy atom. The van der Waals surface area contributed by atoms with Crippen molar-refractivity contribution in [3.05, 3.63) is 188 Å². The summed E-state index contributed by atoms with van der Waals surface area (Å²) < 4.78 is 12.1. The first kappa shape index (κ1) is 34.7. The molecule has 0 fully saturated rings. The van der Waals surface area contributed by atoms with E-state index in [-0.39, 0.29) is 0 Å². The van der Waals surface area contributed by atoms with Crippen molar-refractivity contribution in [3.8, 4) is 28.5 Å². The monoisotopic (exact) mass is 822 g/mol. The van der Waals surface area contributed by atoms with Gasteiger partial charge in [-0.15, -0.1) is 11.3 Å². The number of nitrogens with zero attached hydrogens (tertiary/aromatic N) is 4. The first-order valence-corrected chi connectivity index (χ1v) is 22.3. The molecule has 0 aliphatic heterocycles. The molecular formula is C57H34N4OS. The molecule has 0 saturated carbocycles. The van der Waals surface area contributed by atoms with Crippen molar-refractivity contribution in [2.24, 2.45) is 0 Å². The molecule has 0 unspecified atom stereocenters. The van der Waals surface area contributed by atoms with Gasteiger partial charge in [-0.2, -0.15) is 0 Å². The molecule has 0 saturated heterocycles. The van der Waals surface area contributed by atoms with Crippen LogP contribution in [0.1, 0.15) is 18.7 Å². The Hall–Kier alpha value is -7.93. The van der Waals surface area contributed by atoms with Crippen LogP contribution in [0, 0.1) is 0 Å². The molecule has 63 heavy (non-hydrogen) atoms. The molecule has 0 atom stereocenters. The van der Waals surface area contributed by atoms with Crippen LogP contribution in [-0.4, -0.2) is 19.5 Å². The molecule has 1 aliphatic carbocycles. The summed E-state index contributed by atoms with van der Waals surface area (Å²) in [6, 6.07) is 59.1. The molecule has 0 radical (unpaired) electrons. The van der Waals surface area contributed by atoms with E-state index in [1.165, 1.54) is 63.5 Å². The van der Waals surface area contributed by atoms with Crippen molar-refractivity contribution in [2.75, 3.05) is 0 Å².